The Labute approximate surface area is 136 Å². The maximum atomic E-state index is 13.6. The molecule has 4 heteroatoms. The number of aryl methyl sites for hydroxylation is 2. The molecule has 0 aliphatic carbocycles. The highest BCUT2D eigenvalue weighted by Crippen LogP contribution is 2.22. The van der Waals surface area contributed by atoms with Gasteiger partial charge in [0.2, 0.25) is 0 Å². The largest absolute Gasteiger partial charge is 0.372 e. The molecule has 23 heavy (non-hydrogen) atoms. The van der Waals surface area contributed by atoms with Gasteiger partial charge in [-0.1, -0.05) is 29.8 Å². The fraction of sp³-hybridized carbons (Fsp3) is 0.368. The van der Waals surface area contributed by atoms with E-state index in [4.69, 9.17) is 10.5 Å². The Bertz CT molecular complexity index is 638. The van der Waals surface area contributed by atoms with Crippen LogP contribution in [0.2, 0.25) is 0 Å². The second kappa shape index (κ2) is 8.18. The van der Waals surface area contributed by atoms with Crippen molar-refractivity contribution >= 4 is 0 Å². The van der Waals surface area contributed by atoms with Gasteiger partial charge in [0.15, 0.2) is 0 Å². The monoisotopic (exact) mass is 319 g/mol. The van der Waals surface area contributed by atoms with Crippen LogP contribution in [-0.2, 0) is 11.2 Å². The summed E-state index contributed by atoms with van der Waals surface area (Å²) in [4.78, 5) is 0. The third-order valence-electron chi connectivity index (χ3n) is 3.94. The fourth-order valence-corrected chi connectivity index (χ4v) is 2.72. The van der Waals surface area contributed by atoms with Crippen LogP contribution in [0.15, 0.2) is 36.4 Å². The molecule has 0 radical (unpaired) electrons. The first-order valence-corrected chi connectivity index (χ1v) is 7.84. The number of benzene rings is 2. The zero-order chi connectivity index (χ0) is 16.8. The first-order chi connectivity index (χ1) is 11.0. The fourth-order valence-electron chi connectivity index (χ4n) is 2.72. The molecule has 1 atom stereocenters. The molecule has 0 fully saturated rings. The minimum atomic E-state index is -0.505. The van der Waals surface area contributed by atoms with Crippen molar-refractivity contribution in [3.63, 3.8) is 0 Å². The molecule has 2 nitrogen and oxygen atoms in total. The minimum absolute atomic E-state index is 0.118. The number of hydrogen-bond donors (Lipinski definition) is 1. The van der Waals surface area contributed by atoms with E-state index in [-0.39, 0.29) is 11.7 Å². The maximum absolute atomic E-state index is 13.6. The standard InChI is InChI=1S/C19H23F2NO/c1-13-8-9-15(14(2)11-13)19(12-22)23-10-4-5-16-17(20)6-3-7-18(16)21/h3,6-9,11,19H,4-5,10,12,22H2,1-2H3. The Morgan fingerprint density at radius 1 is 1.09 bits per heavy atom. The second-order valence-corrected chi connectivity index (χ2v) is 5.76. The molecule has 0 heterocycles. The molecule has 0 spiro atoms. The Morgan fingerprint density at radius 3 is 2.39 bits per heavy atom. The lowest BCUT2D eigenvalue weighted by molar-refractivity contribution is 0.0565. The van der Waals surface area contributed by atoms with E-state index in [9.17, 15) is 8.78 Å². The van der Waals surface area contributed by atoms with E-state index in [1.807, 2.05) is 26.0 Å². The Balaban J connectivity index is 1.91. The highest BCUT2D eigenvalue weighted by atomic mass is 19.1. The summed E-state index contributed by atoms with van der Waals surface area (Å²) >= 11 is 0. The second-order valence-electron chi connectivity index (χ2n) is 5.76. The van der Waals surface area contributed by atoms with Gasteiger partial charge in [-0.3, -0.25) is 0 Å². The van der Waals surface area contributed by atoms with Gasteiger partial charge in [-0.25, -0.2) is 8.78 Å². The van der Waals surface area contributed by atoms with E-state index >= 15 is 0 Å². The number of hydrogen-bond acceptors (Lipinski definition) is 2. The van der Waals surface area contributed by atoms with Crippen molar-refractivity contribution in [2.75, 3.05) is 13.2 Å². The van der Waals surface area contributed by atoms with Crippen molar-refractivity contribution in [3.8, 4) is 0 Å². The molecule has 0 aromatic heterocycles. The summed E-state index contributed by atoms with van der Waals surface area (Å²) in [5.74, 6) is -1.01. The zero-order valence-corrected chi connectivity index (χ0v) is 13.6. The van der Waals surface area contributed by atoms with E-state index in [0.29, 0.717) is 26.0 Å². The highest BCUT2D eigenvalue weighted by Gasteiger charge is 2.13. The van der Waals surface area contributed by atoms with Gasteiger partial charge in [0.05, 0.1) is 6.10 Å². The number of nitrogens with two attached hydrogens (primary N) is 1. The van der Waals surface area contributed by atoms with Crippen molar-refractivity contribution in [2.24, 2.45) is 5.73 Å². The third-order valence-corrected chi connectivity index (χ3v) is 3.94. The number of ether oxygens (including phenoxy) is 1. The lowest BCUT2D eigenvalue weighted by Crippen LogP contribution is -2.18. The van der Waals surface area contributed by atoms with Crippen LogP contribution in [0.5, 0.6) is 0 Å². The summed E-state index contributed by atoms with van der Waals surface area (Å²) in [5, 5.41) is 0. The highest BCUT2D eigenvalue weighted by molar-refractivity contribution is 5.32. The molecule has 2 N–H and O–H groups in total. The molecule has 0 aliphatic heterocycles. The van der Waals surface area contributed by atoms with Crippen molar-refractivity contribution in [1.82, 2.24) is 0 Å². The van der Waals surface area contributed by atoms with Gasteiger partial charge in [-0.15, -0.1) is 0 Å². The van der Waals surface area contributed by atoms with Gasteiger partial charge in [0.25, 0.3) is 0 Å². The molecule has 124 valence electrons. The van der Waals surface area contributed by atoms with Gasteiger partial charge >= 0.3 is 0 Å². The predicted molar refractivity (Wildman–Crippen MR) is 88.3 cm³/mol. The Kier molecular flexibility index (Phi) is 6.25. The van der Waals surface area contributed by atoms with Gasteiger partial charge in [-0.2, -0.15) is 0 Å². The molecule has 2 aromatic rings. The summed E-state index contributed by atoms with van der Waals surface area (Å²) in [6, 6.07) is 10.1. The molecule has 0 saturated carbocycles. The topological polar surface area (TPSA) is 35.2 Å². The molecular weight excluding hydrogens is 296 g/mol. The van der Waals surface area contributed by atoms with Crippen LogP contribution < -0.4 is 5.73 Å². The molecular formula is C19H23F2NO. The number of halogens is 2. The maximum Gasteiger partial charge on any atom is 0.129 e. The third kappa shape index (κ3) is 4.60. The molecule has 0 amide bonds. The summed E-state index contributed by atoms with van der Waals surface area (Å²) in [7, 11) is 0. The van der Waals surface area contributed by atoms with E-state index in [0.717, 1.165) is 11.1 Å². The van der Waals surface area contributed by atoms with Crippen LogP contribution in [0.4, 0.5) is 8.78 Å². The minimum Gasteiger partial charge on any atom is -0.372 e. The van der Waals surface area contributed by atoms with Crippen molar-refractivity contribution in [1.29, 1.82) is 0 Å². The van der Waals surface area contributed by atoms with E-state index in [2.05, 4.69) is 6.07 Å². The van der Waals surface area contributed by atoms with E-state index in [1.54, 1.807) is 0 Å². The van der Waals surface area contributed by atoms with Gasteiger partial charge in [0, 0.05) is 18.7 Å². The lowest BCUT2D eigenvalue weighted by atomic mass is 10.0. The first-order valence-electron chi connectivity index (χ1n) is 7.84. The summed E-state index contributed by atoms with van der Waals surface area (Å²) in [6.07, 6.45) is 0.656. The van der Waals surface area contributed by atoms with Crippen molar-refractivity contribution < 1.29 is 13.5 Å². The van der Waals surface area contributed by atoms with E-state index < -0.39 is 11.6 Å². The van der Waals surface area contributed by atoms with Crippen LogP contribution >= 0.6 is 0 Å². The normalized spacial score (nSPS) is 12.4. The van der Waals surface area contributed by atoms with Crippen LogP contribution in [0.3, 0.4) is 0 Å². The molecule has 0 saturated heterocycles. The quantitative estimate of drug-likeness (QED) is 0.775. The zero-order valence-electron chi connectivity index (χ0n) is 13.6. The van der Waals surface area contributed by atoms with Gasteiger partial charge in [0.1, 0.15) is 11.6 Å². The van der Waals surface area contributed by atoms with Crippen LogP contribution in [0, 0.1) is 25.5 Å². The van der Waals surface area contributed by atoms with Gasteiger partial charge in [-0.05, 0) is 49.9 Å². The average Bonchev–Trinajstić information content (AvgIpc) is 2.51. The smallest absolute Gasteiger partial charge is 0.129 e. The van der Waals surface area contributed by atoms with Crippen LogP contribution in [0.1, 0.15) is 34.8 Å². The molecule has 2 aromatic carbocycles. The van der Waals surface area contributed by atoms with Gasteiger partial charge < -0.3 is 10.5 Å². The summed E-state index contributed by atoms with van der Waals surface area (Å²) < 4.78 is 32.9. The SMILES string of the molecule is Cc1ccc(C(CN)OCCCc2c(F)cccc2F)c(C)c1. The average molecular weight is 319 g/mol. The Morgan fingerprint density at radius 2 is 1.78 bits per heavy atom. The van der Waals surface area contributed by atoms with Crippen molar-refractivity contribution in [2.45, 2.75) is 32.8 Å². The summed E-state index contributed by atoms with van der Waals surface area (Å²) in [5.41, 5.74) is 9.32. The molecule has 1 unspecified atom stereocenters. The van der Waals surface area contributed by atoms with Crippen LogP contribution in [-0.4, -0.2) is 13.2 Å². The Hall–Kier alpha value is -1.78. The molecule has 0 bridgehead atoms. The summed E-state index contributed by atoms with van der Waals surface area (Å²) in [6.45, 7) is 4.85. The predicted octanol–water partition coefficient (Wildman–Crippen LogP) is 4.23. The van der Waals surface area contributed by atoms with E-state index in [1.165, 1.54) is 23.8 Å². The molecule has 0 aliphatic rings. The lowest BCUT2D eigenvalue weighted by Gasteiger charge is -2.19. The number of rotatable bonds is 7. The first kappa shape index (κ1) is 17.6. The molecule has 2 rings (SSSR count). The van der Waals surface area contributed by atoms with Crippen molar-refractivity contribution in [3.05, 3.63) is 70.3 Å². The van der Waals surface area contributed by atoms with Crippen LogP contribution in [0.25, 0.3) is 0 Å².